The number of thiophene rings is 1. The van der Waals surface area contributed by atoms with E-state index in [0.717, 1.165) is 0 Å². The fourth-order valence-corrected chi connectivity index (χ4v) is 1.75. The SMILES string of the molecule is C=C(CN[C@@H](C)c1cccs1)C(=O)O. The Labute approximate surface area is 87.1 Å². The molecule has 0 saturated heterocycles. The van der Waals surface area contributed by atoms with Crippen LogP contribution in [-0.4, -0.2) is 17.6 Å². The van der Waals surface area contributed by atoms with Crippen LogP contribution in [0.15, 0.2) is 29.7 Å². The zero-order valence-corrected chi connectivity index (χ0v) is 8.80. The van der Waals surface area contributed by atoms with E-state index in [0.29, 0.717) is 6.54 Å². The Hall–Kier alpha value is -1.13. The molecule has 1 heterocycles. The lowest BCUT2D eigenvalue weighted by atomic mass is 10.2. The van der Waals surface area contributed by atoms with Crippen LogP contribution >= 0.6 is 11.3 Å². The van der Waals surface area contributed by atoms with Crippen LogP contribution < -0.4 is 5.32 Å². The molecular formula is C10H13NO2S. The summed E-state index contributed by atoms with van der Waals surface area (Å²) in [7, 11) is 0. The molecule has 76 valence electrons. The molecule has 0 saturated carbocycles. The van der Waals surface area contributed by atoms with Gasteiger partial charge < -0.3 is 10.4 Å². The van der Waals surface area contributed by atoms with Gasteiger partial charge in [-0.2, -0.15) is 0 Å². The van der Waals surface area contributed by atoms with Crippen molar-refractivity contribution in [2.75, 3.05) is 6.54 Å². The van der Waals surface area contributed by atoms with Gasteiger partial charge >= 0.3 is 5.97 Å². The molecule has 1 rings (SSSR count). The topological polar surface area (TPSA) is 49.3 Å². The van der Waals surface area contributed by atoms with Crippen LogP contribution in [0.2, 0.25) is 0 Å². The highest BCUT2D eigenvalue weighted by Crippen LogP contribution is 2.17. The molecule has 4 heteroatoms. The third kappa shape index (κ3) is 2.97. The van der Waals surface area contributed by atoms with Gasteiger partial charge in [-0.15, -0.1) is 11.3 Å². The summed E-state index contributed by atoms with van der Waals surface area (Å²) in [5.74, 6) is -0.948. The van der Waals surface area contributed by atoms with Crippen molar-refractivity contribution in [3.63, 3.8) is 0 Å². The summed E-state index contributed by atoms with van der Waals surface area (Å²) in [4.78, 5) is 11.7. The molecule has 0 aromatic carbocycles. The quantitative estimate of drug-likeness (QED) is 0.733. The van der Waals surface area contributed by atoms with E-state index in [1.54, 1.807) is 11.3 Å². The zero-order chi connectivity index (χ0) is 10.6. The van der Waals surface area contributed by atoms with Crippen molar-refractivity contribution in [1.29, 1.82) is 0 Å². The number of carboxylic acids is 1. The van der Waals surface area contributed by atoms with Crippen molar-refractivity contribution in [3.8, 4) is 0 Å². The first-order valence-electron chi connectivity index (χ1n) is 4.29. The van der Waals surface area contributed by atoms with Gasteiger partial charge in [-0.3, -0.25) is 0 Å². The Morgan fingerprint density at radius 3 is 3.00 bits per heavy atom. The number of rotatable bonds is 5. The third-order valence-corrected chi connectivity index (χ3v) is 2.95. The van der Waals surface area contributed by atoms with E-state index >= 15 is 0 Å². The van der Waals surface area contributed by atoms with Crippen LogP contribution in [0.4, 0.5) is 0 Å². The fraction of sp³-hybridized carbons (Fsp3) is 0.300. The standard InChI is InChI=1S/C10H13NO2S/c1-7(10(12)13)6-11-8(2)9-4-3-5-14-9/h3-5,8,11H,1,6H2,2H3,(H,12,13)/t8-/m0/s1. The minimum absolute atomic E-state index is 0.172. The van der Waals surface area contributed by atoms with E-state index in [9.17, 15) is 4.79 Å². The second-order valence-corrected chi connectivity index (χ2v) is 4.01. The van der Waals surface area contributed by atoms with E-state index in [2.05, 4.69) is 11.9 Å². The Bertz CT molecular complexity index is 319. The Morgan fingerprint density at radius 2 is 2.50 bits per heavy atom. The maximum absolute atomic E-state index is 10.5. The number of hydrogen-bond acceptors (Lipinski definition) is 3. The third-order valence-electron chi connectivity index (χ3n) is 1.89. The van der Waals surface area contributed by atoms with Crippen molar-refractivity contribution in [2.24, 2.45) is 0 Å². The molecule has 14 heavy (non-hydrogen) atoms. The summed E-state index contributed by atoms with van der Waals surface area (Å²) in [6.07, 6.45) is 0. The zero-order valence-electron chi connectivity index (χ0n) is 7.99. The molecular weight excluding hydrogens is 198 g/mol. The van der Waals surface area contributed by atoms with Crippen molar-refractivity contribution in [2.45, 2.75) is 13.0 Å². The van der Waals surface area contributed by atoms with Crippen molar-refractivity contribution >= 4 is 17.3 Å². The number of aliphatic carboxylic acids is 1. The van der Waals surface area contributed by atoms with E-state index in [1.807, 2.05) is 24.4 Å². The van der Waals surface area contributed by atoms with Crippen LogP contribution in [0.1, 0.15) is 17.8 Å². The molecule has 0 amide bonds. The smallest absolute Gasteiger partial charge is 0.332 e. The van der Waals surface area contributed by atoms with Crippen LogP contribution in [0.3, 0.4) is 0 Å². The summed E-state index contributed by atoms with van der Waals surface area (Å²) >= 11 is 1.65. The van der Waals surface area contributed by atoms with Crippen LogP contribution in [-0.2, 0) is 4.79 Å². The Morgan fingerprint density at radius 1 is 1.79 bits per heavy atom. The number of hydrogen-bond donors (Lipinski definition) is 2. The van der Waals surface area contributed by atoms with Crippen molar-refractivity contribution in [3.05, 3.63) is 34.5 Å². The maximum Gasteiger partial charge on any atom is 0.332 e. The Balaban J connectivity index is 2.39. The normalized spacial score (nSPS) is 12.4. The summed E-state index contributed by atoms with van der Waals surface area (Å²) < 4.78 is 0. The van der Waals surface area contributed by atoms with Crippen LogP contribution in [0.25, 0.3) is 0 Å². The molecule has 1 aromatic heterocycles. The summed E-state index contributed by atoms with van der Waals surface area (Å²) in [5, 5.41) is 13.7. The van der Waals surface area contributed by atoms with Gasteiger partial charge in [0.2, 0.25) is 0 Å². The molecule has 0 fully saturated rings. The molecule has 1 aromatic rings. The highest BCUT2D eigenvalue weighted by atomic mass is 32.1. The summed E-state index contributed by atoms with van der Waals surface area (Å²) in [6.45, 7) is 5.76. The van der Waals surface area contributed by atoms with Crippen molar-refractivity contribution in [1.82, 2.24) is 5.32 Å². The number of carboxylic acid groups (broad SMARTS) is 1. The maximum atomic E-state index is 10.5. The van der Waals surface area contributed by atoms with Gasteiger partial charge in [-0.05, 0) is 18.4 Å². The molecule has 0 aliphatic carbocycles. The lowest BCUT2D eigenvalue weighted by molar-refractivity contribution is -0.132. The number of carbonyl (C=O) groups is 1. The summed E-state index contributed by atoms with van der Waals surface area (Å²) in [6, 6.07) is 4.17. The van der Waals surface area contributed by atoms with E-state index in [1.165, 1.54) is 4.88 Å². The predicted octanol–water partition coefficient (Wildman–Crippen LogP) is 2.04. The van der Waals surface area contributed by atoms with Gasteiger partial charge in [0.15, 0.2) is 0 Å². The van der Waals surface area contributed by atoms with E-state index < -0.39 is 5.97 Å². The largest absolute Gasteiger partial charge is 0.478 e. The first-order valence-corrected chi connectivity index (χ1v) is 5.17. The molecule has 0 unspecified atom stereocenters. The monoisotopic (exact) mass is 211 g/mol. The molecule has 0 aliphatic heterocycles. The van der Waals surface area contributed by atoms with Gasteiger partial charge in [0.05, 0.1) is 0 Å². The average molecular weight is 211 g/mol. The Kier molecular flexibility index (Phi) is 3.85. The minimum atomic E-state index is -0.948. The van der Waals surface area contributed by atoms with Gasteiger partial charge in [0.25, 0.3) is 0 Å². The molecule has 2 N–H and O–H groups in total. The van der Waals surface area contributed by atoms with Gasteiger partial charge in [0.1, 0.15) is 0 Å². The molecule has 0 radical (unpaired) electrons. The molecule has 1 atom stereocenters. The minimum Gasteiger partial charge on any atom is -0.478 e. The summed E-state index contributed by atoms with van der Waals surface area (Å²) in [5.41, 5.74) is 0.188. The lowest BCUT2D eigenvalue weighted by Crippen LogP contribution is -2.23. The average Bonchev–Trinajstić information content (AvgIpc) is 2.66. The predicted molar refractivity (Wildman–Crippen MR) is 57.5 cm³/mol. The molecule has 0 bridgehead atoms. The highest BCUT2D eigenvalue weighted by Gasteiger charge is 2.08. The second kappa shape index (κ2) is 4.93. The van der Waals surface area contributed by atoms with E-state index in [-0.39, 0.29) is 11.6 Å². The molecule has 0 spiro atoms. The highest BCUT2D eigenvalue weighted by molar-refractivity contribution is 7.10. The van der Waals surface area contributed by atoms with Crippen LogP contribution in [0.5, 0.6) is 0 Å². The first kappa shape index (κ1) is 10.9. The van der Waals surface area contributed by atoms with Crippen LogP contribution in [0, 0.1) is 0 Å². The number of nitrogens with one attached hydrogen (secondary N) is 1. The lowest BCUT2D eigenvalue weighted by Gasteiger charge is -2.11. The fourth-order valence-electron chi connectivity index (χ4n) is 0.990. The van der Waals surface area contributed by atoms with Gasteiger partial charge in [-0.25, -0.2) is 4.79 Å². The van der Waals surface area contributed by atoms with Crippen molar-refractivity contribution < 1.29 is 9.90 Å². The van der Waals surface area contributed by atoms with Gasteiger partial charge in [-0.1, -0.05) is 12.6 Å². The molecule has 3 nitrogen and oxygen atoms in total. The van der Waals surface area contributed by atoms with Gasteiger partial charge in [0, 0.05) is 23.0 Å². The van der Waals surface area contributed by atoms with E-state index in [4.69, 9.17) is 5.11 Å². The second-order valence-electron chi connectivity index (χ2n) is 3.03. The first-order chi connectivity index (χ1) is 6.61. The molecule has 0 aliphatic rings.